The third-order valence-corrected chi connectivity index (χ3v) is 7.60. The smallest absolute Gasteiger partial charge is 0.416 e. The molecule has 230 valence electrons. The average Bonchev–Trinajstić information content (AvgIpc) is 3.30. The molecule has 0 saturated carbocycles. The summed E-state index contributed by atoms with van der Waals surface area (Å²) in [5, 5.41) is 5.46. The molecule has 2 aromatic rings. The number of alkyl halides is 3. The number of allylic oxidation sites excluding steroid dienone is 1. The van der Waals surface area contributed by atoms with Gasteiger partial charge in [-0.2, -0.15) is 13.2 Å². The van der Waals surface area contributed by atoms with Crippen LogP contribution in [0.1, 0.15) is 56.7 Å². The largest absolute Gasteiger partial charge is 0.460 e. The van der Waals surface area contributed by atoms with Gasteiger partial charge < -0.3 is 20.3 Å². The molecule has 11 heteroatoms. The van der Waals surface area contributed by atoms with Gasteiger partial charge in [0.1, 0.15) is 11.6 Å². The summed E-state index contributed by atoms with van der Waals surface area (Å²) in [6.45, 7) is 6.86. The number of carbonyl (C=O) groups is 4. The number of esters is 1. The van der Waals surface area contributed by atoms with Crippen LogP contribution < -0.4 is 10.6 Å². The first-order valence-electron chi connectivity index (χ1n) is 14.1. The summed E-state index contributed by atoms with van der Waals surface area (Å²) in [6, 6.07) is 11.9. The fourth-order valence-electron chi connectivity index (χ4n) is 5.79. The molecule has 0 radical (unpaired) electrons. The number of amides is 3. The Labute approximate surface area is 248 Å². The van der Waals surface area contributed by atoms with E-state index in [1.807, 2.05) is 30.3 Å². The van der Waals surface area contributed by atoms with Gasteiger partial charge >= 0.3 is 12.1 Å². The Morgan fingerprint density at radius 1 is 1.07 bits per heavy atom. The normalized spacial score (nSPS) is 23.1. The lowest BCUT2D eigenvalue weighted by molar-refractivity contribution is -0.171. The molecule has 8 nitrogen and oxygen atoms in total. The molecule has 5 atom stereocenters. The standard InChI is InChI=1S/C32H36F3N3O5/c1-5-10-23-27(26-22(18-37-29(26)41)20-12-7-6-8-13-20)30(42)38(23)24(16-25(39)43-31(2,3)4)28(40)36-17-19-11-9-14-21(15-19)32(33,34)35/h5-15,22-24,26-27H,16-18H2,1-4H3,(H,36,40)(H,37,41)/t22-,23-,24-,26?,27-/m1/s1. The van der Waals surface area contributed by atoms with Crippen molar-refractivity contribution in [3.63, 3.8) is 0 Å². The van der Waals surface area contributed by atoms with E-state index >= 15 is 0 Å². The summed E-state index contributed by atoms with van der Waals surface area (Å²) in [5.41, 5.74) is -0.613. The van der Waals surface area contributed by atoms with Gasteiger partial charge in [0.2, 0.25) is 17.7 Å². The van der Waals surface area contributed by atoms with Crippen LogP contribution in [0.4, 0.5) is 13.2 Å². The van der Waals surface area contributed by atoms with Crippen LogP contribution in [-0.2, 0) is 36.6 Å². The van der Waals surface area contributed by atoms with E-state index in [1.165, 1.54) is 17.0 Å². The second-order valence-electron chi connectivity index (χ2n) is 11.8. The van der Waals surface area contributed by atoms with Crippen LogP contribution in [0, 0.1) is 11.8 Å². The predicted molar refractivity (Wildman–Crippen MR) is 152 cm³/mol. The zero-order chi connectivity index (χ0) is 31.5. The molecule has 0 aromatic heterocycles. The fraction of sp³-hybridized carbons (Fsp3) is 0.438. The third-order valence-electron chi connectivity index (χ3n) is 7.60. The molecule has 2 aliphatic rings. The summed E-state index contributed by atoms with van der Waals surface area (Å²) in [4.78, 5) is 54.7. The number of benzene rings is 2. The van der Waals surface area contributed by atoms with Crippen molar-refractivity contribution >= 4 is 23.7 Å². The number of hydrogen-bond acceptors (Lipinski definition) is 5. The highest BCUT2D eigenvalue weighted by Gasteiger charge is 2.58. The number of rotatable bonds is 9. The number of hydrogen-bond donors (Lipinski definition) is 2. The van der Waals surface area contributed by atoms with E-state index in [-0.39, 0.29) is 23.9 Å². The molecular weight excluding hydrogens is 563 g/mol. The molecule has 0 bridgehead atoms. The number of likely N-dealkylation sites (tertiary alicyclic amines) is 1. The predicted octanol–water partition coefficient (Wildman–Crippen LogP) is 4.35. The fourth-order valence-corrected chi connectivity index (χ4v) is 5.79. The van der Waals surface area contributed by atoms with E-state index in [2.05, 4.69) is 10.6 Å². The lowest BCUT2D eigenvalue weighted by Crippen LogP contribution is -2.69. The van der Waals surface area contributed by atoms with Crippen LogP contribution in [0.3, 0.4) is 0 Å². The number of β-lactam (4-membered cyclic amide) rings is 1. The molecule has 2 heterocycles. The quantitative estimate of drug-likeness (QED) is 0.253. The van der Waals surface area contributed by atoms with Crippen molar-refractivity contribution in [2.75, 3.05) is 6.54 Å². The molecule has 1 unspecified atom stereocenters. The second kappa shape index (κ2) is 12.6. The maximum Gasteiger partial charge on any atom is 0.416 e. The summed E-state index contributed by atoms with van der Waals surface area (Å²) in [7, 11) is 0. The van der Waals surface area contributed by atoms with Crippen LogP contribution in [0.5, 0.6) is 0 Å². The summed E-state index contributed by atoms with van der Waals surface area (Å²) in [6.07, 6.45) is -1.59. The molecule has 2 fully saturated rings. The molecule has 0 spiro atoms. The van der Waals surface area contributed by atoms with Crippen molar-refractivity contribution in [3.05, 3.63) is 83.4 Å². The van der Waals surface area contributed by atoms with Gasteiger partial charge in [-0.15, -0.1) is 0 Å². The van der Waals surface area contributed by atoms with Crippen LogP contribution in [0.2, 0.25) is 0 Å². The van der Waals surface area contributed by atoms with Crippen molar-refractivity contribution in [2.24, 2.45) is 11.8 Å². The first-order chi connectivity index (χ1) is 20.2. The highest BCUT2D eigenvalue weighted by atomic mass is 19.4. The summed E-state index contributed by atoms with van der Waals surface area (Å²) >= 11 is 0. The first kappa shape index (κ1) is 31.8. The zero-order valence-corrected chi connectivity index (χ0v) is 24.5. The average molecular weight is 600 g/mol. The van der Waals surface area contributed by atoms with Crippen LogP contribution >= 0.6 is 0 Å². The van der Waals surface area contributed by atoms with Gasteiger partial charge in [0.15, 0.2) is 0 Å². The molecule has 2 saturated heterocycles. The van der Waals surface area contributed by atoms with E-state index in [0.717, 1.165) is 17.7 Å². The van der Waals surface area contributed by atoms with Gasteiger partial charge in [-0.05, 0) is 51.0 Å². The topological polar surface area (TPSA) is 105 Å². The minimum Gasteiger partial charge on any atom is -0.460 e. The van der Waals surface area contributed by atoms with Crippen molar-refractivity contribution in [1.29, 1.82) is 0 Å². The molecular formula is C32H36F3N3O5. The molecule has 2 aliphatic heterocycles. The van der Waals surface area contributed by atoms with Crippen molar-refractivity contribution in [3.8, 4) is 0 Å². The third kappa shape index (κ3) is 7.26. The monoisotopic (exact) mass is 599 g/mol. The lowest BCUT2D eigenvalue weighted by Gasteiger charge is -2.51. The number of nitrogens with zero attached hydrogens (tertiary/aromatic N) is 1. The summed E-state index contributed by atoms with van der Waals surface area (Å²) < 4.78 is 45.0. The molecule has 0 aliphatic carbocycles. The molecule has 4 rings (SSSR count). The highest BCUT2D eigenvalue weighted by molar-refractivity contribution is 5.99. The molecule has 3 amide bonds. The molecule has 2 N–H and O–H groups in total. The van der Waals surface area contributed by atoms with Crippen LogP contribution in [-0.4, -0.2) is 52.8 Å². The van der Waals surface area contributed by atoms with E-state index < -0.39 is 65.5 Å². The maximum atomic E-state index is 13.9. The number of carbonyl (C=O) groups excluding carboxylic acids is 4. The van der Waals surface area contributed by atoms with Gasteiger partial charge in [0.25, 0.3) is 0 Å². The Hall–Kier alpha value is -4.15. The number of halogens is 3. The highest BCUT2D eigenvalue weighted by Crippen LogP contribution is 2.44. The Morgan fingerprint density at radius 3 is 2.40 bits per heavy atom. The van der Waals surface area contributed by atoms with E-state index in [9.17, 15) is 32.3 Å². The Balaban J connectivity index is 1.61. The maximum absolute atomic E-state index is 13.9. The van der Waals surface area contributed by atoms with E-state index in [0.29, 0.717) is 6.54 Å². The van der Waals surface area contributed by atoms with Gasteiger partial charge in [-0.1, -0.05) is 54.6 Å². The Bertz CT molecular complexity index is 1390. The van der Waals surface area contributed by atoms with Gasteiger partial charge in [-0.25, -0.2) is 0 Å². The van der Waals surface area contributed by atoms with E-state index in [1.54, 1.807) is 39.8 Å². The second-order valence-corrected chi connectivity index (χ2v) is 11.8. The number of nitrogens with one attached hydrogen (secondary N) is 2. The molecule has 2 aromatic carbocycles. The Morgan fingerprint density at radius 2 is 1.77 bits per heavy atom. The van der Waals surface area contributed by atoms with Crippen molar-refractivity contribution in [2.45, 2.75) is 70.4 Å². The SMILES string of the molecule is CC=C[C@@H]1[C@H](C2C(=O)NC[C@@H]2c2ccccc2)C(=O)N1[C@H](CC(=O)OC(C)(C)C)C(=O)NCc1cccc(C(F)(F)F)c1. The number of ether oxygens (including phenoxy) is 1. The van der Waals surface area contributed by atoms with Gasteiger partial charge in [0.05, 0.1) is 29.9 Å². The van der Waals surface area contributed by atoms with Crippen molar-refractivity contribution < 1.29 is 37.1 Å². The van der Waals surface area contributed by atoms with Gasteiger partial charge in [-0.3, -0.25) is 19.2 Å². The zero-order valence-electron chi connectivity index (χ0n) is 24.5. The Kier molecular flexibility index (Phi) is 9.32. The summed E-state index contributed by atoms with van der Waals surface area (Å²) in [5.74, 6) is -3.91. The van der Waals surface area contributed by atoms with Crippen LogP contribution in [0.15, 0.2) is 66.7 Å². The minimum atomic E-state index is -4.55. The lowest BCUT2D eigenvalue weighted by atomic mass is 9.70. The van der Waals surface area contributed by atoms with E-state index in [4.69, 9.17) is 4.74 Å². The molecule has 43 heavy (non-hydrogen) atoms. The minimum absolute atomic E-state index is 0.199. The van der Waals surface area contributed by atoms with Crippen LogP contribution in [0.25, 0.3) is 0 Å². The van der Waals surface area contributed by atoms with Crippen molar-refractivity contribution in [1.82, 2.24) is 15.5 Å². The first-order valence-corrected chi connectivity index (χ1v) is 14.1. The van der Waals surface area contributed by atoms with Gasteiger partial charge in [0, 0.05) is 19.0 Å².